The monoisotopic (exact) mass is 427 g/mol. The molecule has 0 saturated carbocycles. The maximum absolute atomic E-state index is 12.2. The number of halogens is 1. The molecule has 2 amide bonds. The van der Waals surface area contributed by atoms with Gasteiger partial charge in [0.1, 0.15) is 5.75 Å². The zero-order valence-corrected chi connectivity index (χ0v) is 17.1. The highest BCUT2D eigenvalue weighted by molar-refractivity contribution is 7.14. The first-order valence-corrected chi connectivity index (χ1v) is 9.91. The average Bonchev–Trinajstić information content (AvgIpc) is 3.13. The summed E-state index contributed by atoms with van der Waals surface area (Å²) in [5.41, 5.74) is 2.06. The SMILES string of the molecule is COc1ccc(NC(=O)Cc2csc(NC(=O)/C=C/c3ccccc3)n2)cc1Cl. The van der Waals surface area contributed by atoms with Crippen LogP contribution in [0, 0.1) is 0 Å². The molecule has 0 fully saturated rings. The topological polar surface area (TPSA) is 80.3 Å². The number of hydrogen-bond acceptors (Lipinski definition) is 5. The number of nitrogens with one attached hydrogen (secondary N) is 2. The quantitative estimate of drug-likeness (QED) is 0.538. The van der Waals surface area contributed by atoms with E-state index in [9.17, 15) is 9.59 Å². The molecule has 1 aromatic heterocycles. The van der Waals surface area contributed by atoms with Crippen LogP contribution in [-0.4, -0.2) is 23.9 Å². The third-order valence-electron chi connectivity index (χ3n) is 3.79. The van der Waals surface area contributed by atoms with Gasteiger partial charge < -0.3 is 10.1 Å². The molecule has 0 aliphatic rings. The first-order valence-electron chi connectivity index (χ1n) is 8.65. The number of ether oxygens (including phenoxy) is 1. The Hall–Kier alpha value is -3.16. The van der Waals surface area contributed by atoms with Gasteiger partial charge in [0.2, 0.25) is 11.8 Å². The fraction of sp³-hybridized carbons (Fsp3) is 0.0952. The molecule has 8 heteroatoms. The lowest BCUT2D eigenvalue weighted by molar-refractivity contribution is -0.115. The van der Waals surface area contributed by atoms with Crippen molar-refractivity contribution < 1.29 is 14.3 Å². The van der Waals surface area contributed by atoms with Gasteiger partial charge in [-0.05, 0) is 29.8 Å². The molecule has 0 saturated heterocycles. The molecular formula is C21H18ClN3O3S. The summed E-state index contributed by atoms with van der Waals surface area (Å²) in [7, 11) is 1.52. The lowest BCUT2D eigenvalue weighted by Crippen LogP contribution is -2.15. The summed E-state index contributed by atoms with van der Waals surface area (Å²) in [6.45, 7) is 0. The molecule has 0 aliphatic carbocycles. The van der Waals surface area contributed by atoms with Crippen molar-refractivity contribution in [3.05, 3.63) is 76.3 Å². The van der Waals surface area contributed by atoms with Gasteiger partial charge in [-0.2, -0.15) is 0 Å². The number of hydrogen-bond donors (Lipinski definition) is 2. The Kier molecular flexibility index (Phi) is 6.99. The highest BCUT2D eigenvalue weighted by Gasteiger charge is 2.10. The molecule has 0 unspecified atom stereocenters. The number of benzene rings is 2. The first kappa shape index (κ1) is 20.6. The zero-order chi connectivity index (χ0) is 20.6. The van der Waals surface area contributed by atoms with E-state index in [1.165, 1.54) is 24.5 Å². The normalized spacial score (nSPS) is 10.7. The van der Waals surface area contributed by atoms with Gasteiger partial charge in [-0.15, -0.1) is 11.3 Å². The minimum atomic E-state index is -0.285. The van der Waals surface area contributed by atoms with E-state index >= 15 is 0 Å². The summed E-state index contributed by atoms with van der Waals surface area (Å²) in [6, 6.07) is 14.5. The van der Waals surface area contributed by atoms with Crippen LogP contribution in [0.15, 0.2) is 60.0 Å². The molecule has 148 valence electrons. The smallest absolute Gasteiger partial charge is 0.250 e. The fourth-order valence-corrected chi connectivity index (χ4v) is 3.41. The van der Waals surface area contributed by atoms with Crippen molar-refractivity contribution in [1.82, 2.24) is 4.98 Å². The highest BCUT2D eigenvalue weighted by Crippen LogP contribution is 2.27. The number of anilines is 2. The maximum Gasteiger partial charge on any atom is 0.250 e. The Balaban J connectivity index is 1.53. The molecule has 3 aromatic rings. The Labute approximate surface area is 177 Å². The zero-order valence-electron chi connectivity index (χ0n) is 15.5. The third kappa shape index (κ3) is 6.17. The number of carbonyl (C=O) groups is 2. The summed E-state index contributed by atoms with van der Waals surface area (Å²) in [4.78, 5) is 28.5. The summed E-state index contributed by atoms with van der Waals surface area (Å²) in [5.74, 6) is 0.0105. The van der Waals surface area contributed by atoms with E-state index in [0.717, 1.165) is 5.56 Å². The maximum atomic E-state index is 12.2. The molecule has 0 radical (unpaired) electrons. The number of nitrogens with zero attached hydrogens (tertiary/aromatic N) is 1. The predicted molar refractivity (Wildman–Crippen MR) is 117 cm³/mol. The van der Waals surface area contributed by atoms with Crippen LogP contribution in [0.3, 0.4) is 0 Å². The Morgan fingerprint density at radius 3 is 2.69 bits per heavy atom. The second-order valence-corrected chi connectivity index (χ2v) is 7.22. The minimum Gasteiger partial charge on any atom is -0.495 e. The highest BCUT2D eigenvalue weighted by atomic mass is 35.5. The van der Waals surface area contributed by atoms with E-state index in [1.54, 1.807) is 29.7 Å². The van der Waals surface area contributed by atoms with Crippen molar-refractivity contribution in [1.29, 1.82) is 0 Å². The van der Waals surface area contributed by atoms with Crippen LogP contribution in [0.1, 0.15) is 11.3 Å². The van der Waals surface area contributed by atoms with Gasteiger partial charge in [0.05, 0.1) is 24.2 Å². The van der Waals surface area contributed by atoms with Crippen LogP contribution in [0.2, 0.25) is 5.02 Å². The van der Waals surface area contributed by atoms with Crippen molar-refractivity contribution in [2.75, 3.05) is 17.7 Å². The molecule has 3 rings (SSSR count). The van der Waals surface area contributed by atoms with E-state index in [0.29, 0.717) is 27.3 Å². The Bertz CT molecular complexity index is 1030. The number of rotatable bonds is 7. The van der Waals surface area contributed by atoms with Gasteiger partial charge in [0, 0.05) is 17.1 Å². The predicted octanol–water partition coefficient (Wildman–Crippen LogP) is 4.64. The molecule has 0 atom stereocenters. The molecule has 0 aliphatic heterocycles. The van der Waals surface area contributed by atoms with Crippen LogP contribution in [0.4, 0.5) is 10.8 Å². The average molecular weight is 428 g/mol. The number of aromatic nitrogens is 1. The molecule has 0 bridgehead atoms. The van der Waals surface area contributed by atoms with Gasteiger partial charge in [-0.1, -0.05) is 41.9 Å². The molecule has 2 aromatic carbocycles. The van der Waals surface area contributed by atoms with Crippen LogP contribution in [-0.2, 0) is 16.0 Å². The Morgan fingerprint density at radius 2 is 1.97 bits per heavy atom. The third-order valence-corrected chi connectivity index (χ3v) is 4.89. The van der Waals surface area contributed by atoms with Gasteiger partial charge in [-0.3, -0.25) is 14.9 Å². The van der Waals surface area contributed by atoms with Crippen LogP contribution >= 0.6 is 22.9 Å². The van der Waals surface area contributed by atoms with E-state index in [-0.39, 0.29) is 18.2 Å². The number of carbonyl (C=O) groups excluding carboxylic acids is 2. The van der Waals surface area contributed by atoms with E-state index in [4.69, 9.17) is 16.3 Å². The molecule has 29 heavy (non-hydrogen) atoms. The lowest BCUT2D eigenvalue weighted by atomic mass is 10.2. The van der Waals surface area contributed by atoms with Gasteiger partial charge in [0.15, 0.2) is 5.13 Å². The lowest BCUT2D eigenvalue weighted by Gasteiger charge is -2.07. The summed E-state index contributed by atoms with van der Waals surface area (Å²) < 4.78 is 5.08. The van der Waals surface area contributed by atoms with E-state index in [1.807, 2.05) is 30.3 Å². The largest absolute Gasteiger partial charge is 0.495 e. The van der Waals surface area contributed by atoms with Gasteiger partial charge in [-0.25, -0.2) is 4.98 Å². The van der Waals surface area contributed by atoms with Crippen LogP contribution < -0.4 is 15.4 Å². The number of methoxy groups -OCH3 is 1. The molecule has 1 heterocycles. The standard InChI is InChI=1S/C21H18ClN3O3S/c1-28-18-9-8-15(11-17(18)22)23-20(27)12-16-13-29-21(24-16)25-19(26)10-7-14-5-3-2-4-6-14/h2-11,13H,12H2,1H3,(H,23,27)(H,24,25,26)/b10-7+. The van der Waals surface area contributed by atoms with Crippen molar-refractivity contribution >= 4 is 51.6 Å². The Morgan fingerprint density at radius 1 is 1.17 bits per heavy atom. The fourth-order valence-electron chi connectivity index (χ4n) is 2.44. The van der Waals surface area contributed by atoms with E-state index in [2.05, 4.69) is 15.6 Å². The van der Waals surface area contributed by atoms with Crippen LogP contribution in [0.25, 0.3) is 6.08 Å². The first-order chi connectivity index (χ1) is 14.0. The molecular weight excluding hydrogens is 410 g/mol. The number of thiazole rings is 1. The second kappa shape index (κ2) is 9.86. The molecule has 6 nitrogen and oxygen atoms in total. The second-order valence-electron chi connectivity index (χ2n) is 5.95. The van der Waals surface area contributed by atoms with Crippen molar-refractivity contribution in [3.8, 4) is 5.75 Å². The summed E-state index contributed by atoms with van der Waals surface area (Å²) in [5, 5.41) is 8.03. The van der Waals surface area contributed by atoms with E-state index < -0.39 is 0 Å². The molecule has 2 N–H and O–H groups in total. The van der Waals surface area contributed by atoms with Crippen molar-refractivity contribution in [2.45, 2.75) is 6.42 Å². The van der Waals surface area contributed by atoms with Gasteiger partial charge in [0.25, 0.3) is 0 Å². The van der Waals surface area contributed by atoms with Gasteiger partial charge >= 0.3 is 0 Å². The van der Waals surface area contributed by atoms with Crippen molar-refractivity contribution in [2.24, 2.45) is 0 Å². The molecule has 0 spiro atoms. The summed E-state index contributed by atoms with van der Waals surface area (Å²) in [6.07, 6.45) is 3.24. The summed E-state index contributed by atoms with van der Waals surface area (Å²) >= 11 is 7.32. The minimum absolute atomic E-state index is 0.0792. The number of amides is 2. The van der Waals surface area contributed by atoms with Crippen molar-refractivity contribution in [3.63, 3.8) is 0 Å². The van der Waals surface area contributed by atoms with Crippen LogP contribution in [0.5, 0.6) is 5.75 Å².